The molecule has 6 nitrogen and oxygen atoms in total. The topological polar surface area (TPSA) is 58.6 Å². The van der Waals surface area contributed by atoms with E-state index in [9.17, 15) is 4.79 Å². The van der Waals surface area contributed by atoms with Gasteiger partial charge in [-0.1, -0.05) is 30.3 Å². The summed E-state index contributed by atoms with van der Waals surface area (Å²) in [6, 6.07) is 11.0. The van der Waals surface area contributed by atoms with E-state index in [2.05, 4.69) is 39.1 Å². The second-order valence-corrected chi connectivity index (χ2v) is 7.71. The minimum atomic E-state index is 0.0267. The number of piperazine rings is 1. The van der Waals surface area contributed by atoms with Crippen molar-refractivity contribution in [1.29, 1.82) is 0 Å². The number of morpholine rings is 1. The molecule has 5 rings (SSSR count). The molecule has 1 aromatic carbocycles. The van der Waals surface area contributed by atoms with Gasteiger partial charge in [0.15, 0.2) is 0 Å². The maximum Gasteiger partial charge on any atom is 0.257 e. The summed E-state index contributed by atoms with van der Waals surface area (Å²) in [4.78, 5) is 26.1. The van der Waals surface area contributed by atoms with Crippen LogP contribution in [-0.4, -0.2) is 64.6 Å². The van der Waals surface area contributed by atoms with Gasteiger partial charge in [0.25, 0.3) is 5.91 Å². The highest BCUT2D eigenvalue weighted by atomic mass is 16.5. The molecule has 140 valence electrons. The number of carbonyl (C=O) groups is 1. The maximum atomic E-state index is 12.9. The van der Waals surface area contributed by atoms with Crippen molar-refractivity contribution in [3.05, 3.63) is 59.7 Å². The zero-order valence-corrected chi connectivity index (χ0v) is 15.3. The predicted molar refractivity (Wildman–Crippen MR) is 100 cm³/mol. The summed E-state index contributed by atoms with van der Waals surface area (Å²) >= 11 is 0. The minimum absolute atomic E-state index is 0.0267. The summed E-state index contributed by atoms with van der Waals surface area (Å²) < 4.78 is 5.88. The van der Waals surface area contributed by atoms with Crippen molar-refractivity contribution in [2.75, 3.05) is 32.8 Å². The third kappa shape index (κ3) is 3.35. The Kier molecular flexibility index (Phi) is 4.38. The lowest BCUT2D eigenvalue weighted by atomic mass is 10.00. The van der Waals surface area contributed by atoms with Crippen LogP contribution in [0.5, 0.6) is 0 Å². The molecule has 1 saturated carbocycles. The number of hydrogen-bond acceptors (Lipinski definition) is 5. The van der Waals surface area contributed by atoms with E-state index in [0.29, 0.717) is 31.2 Å². The second kappa shape index (κ2) is 7.02. The van der Waals surface area contributed by atoms with Crippen molar-refractivity contribution in [3.63, 3.8) is 0 Å². The van der Waals surface area contributed by atoms with Gasteiger partial charge in [-0.3, -0.25) is 9.69 Å². The molecule has 3 heterocycles. The normalized spacial score (nSPS) is 25.9. The Hall–Kier alpha value is -2.31. The Labute approximate surface area is 159 Å². The number of amides is 1. The molecule has 0 N–H and O–H groups in total. The number of fused-ring (bicyclic) bond motifs is 1. The van der Waals surface area contributed by atoms with Crippen LogP contribution >= 0.6 is 0 Å². The lowest BCUT2D eigenvalue weighted by Crippen LogP contribution is -2.60. The molecule has 0 radical (unpaired) electrons. The Morgan fingerprint density at radius 1 is 1.04 bits per heavy atom. The van der Waals surface area contributed by atoms with Crippen LogP contribution in [0.15, 0.2) is 42.7 Å². The molecule has 3 fully saturated rings. The van der Waals surface area contributed by atoms with Gasteiger partial charge in [0.1, 0.15) is 5.82 Å². The zero-order chi connectivity index (χ0) is 18.2. The van der Waals surface area contributed by atoms with Gasteiger partial charge in [0.2, 0.25) is 0 Å². The van der Waals surface area contributed by atoms with Crippen molar-refractivity contribution in [3.8, 4) is 0 Å². The summed E-state index contributed by atoms with van der Waals surface area (Å²) in [5, 5.41) is 0. The van der Waals surface area contributed by atoms with Crippen LogP contribution in [0.1, 0.15) is 46.5 Å². The molecule has 0 spiro atoms. The van der Waals surface area contributed by atoms with Crippen molar-refractivity contribution in [2.24, 2.45) is 0 Å². The first kappa shape index (κ1) is 16.8. The van der Waals surface area contributed by atoms with Gasteiger partial charge in [-0.05, 0) is 18.4 Å². The van der Waals surface area contributed by atoms with Crippen LogP contribution < -0.4 is 0 Å². The van der Waals surface area contributed by atoms with E-state index < -0.39 is 0 Å². The lowest BCUT2D eigenvalue weighted by molar-refractivity contribution is -0.0770. The van der Waals surface area contributed by atoms with E-state index in [1.165, 1.54) is 18.4 Å². The van der Waals surface area contributed by atoms with E-state index in [1.54, 1.807) is 12.4 Å². The van der Waals surface area contributed by atoms with Crippen molar-refractivity contribution in [1.82, 2.24) is 19.8 Å². The number of hydrogen-bond donors (Lipinski definition) is 0. The maximum absolute atomic E-state index is 12.9. The van der Waals surface area contributed by atoms with Gasteiger partial charge in [0, 0.05) is 37.9 Å². The number of ether oxygens (including phenoxy) is 1. The van der Waals surface area contributed by atoms with Crippen molar-refractivity contribution < 1.29 is 9.53 Å². The number of aromatic nitrogens is 2. The molecule has 2 atom stereocenters. The molecule has 6 heteroatoms. The summed E-state index contributed by atoms with van der Waals surface area (Å²) in [5.74, 6) is 1.41. The molecular formula is C21H24N4O2. The molecule has 2 saturated heterocycles. The lowest BCUT2D eigenvalue weighted by Gasteiger charge is -2.48. The highest BCUT2D eigenvalue weighted by Crippen LogP contribution is 2.37. The third-order valence-electron chi connectivity index (χ3n) is 5.85. The fourth-order valence-electron chi connectivity index (χ4n) is 4.17. The molecule has 0 bridgehead atoms. The molecule has 2 aliphatic heterocycles. The molecule has 3 aliphatic rings. The summed E-state index contributed by atoms with van der Waals surface area (Å²) in [6.45, 7) is 3.66. The van der Waals surface area contributed by atoms with Gasteiger partial charge < -0.3 is 9.64 Å². The van der Waals surface area contributed by atoms with Crippen molar-refractivity contribution >= 4 is 5.91 Å². The second-order valence-electron chi connectivity index (χ2n) is 7.71. The van der Waals surface area contributed by atoms with Gasteiger partial charge >= 0.3 is 0 Å². The van der Waals surface area contributed by atoms with Crippen LogP contribution in [0.4, 0.5) is 0 Å². The summed E-state index contributed by atoms with van der Waals surface area (Å²) in [7, 11) is 0. The van der Waals surface area contributed by atoms with E-state index in [1.807, 2.05) is 11.0 Å². The molecule has 0 unspecified atom stereocenters. The molecular weight excluding hydrogens is 340 g/mol. The van der Waals surface area contributed by atoms with E-state index in [-0.39, 0.29) is 18.0 Å². The summed E-state index contributed by atoms with van der Waals surface area (Å²) in [6.07, 6.45) is 5.72. The highest BCUT2D eigenvalue weighted by molar-refractivity contribution is 5.93. The first-order chi connectivity index (χ1) is 13.3. The minimum Gasteiger partial charge on any atom is -0.378 e. The molecule has 1 aromatic heterocycles. The van der Waals surface area contributed by atoms with Gasteiger partial charge in [-0.25, -0.2) is 9.97 Å². The third-order valence-corrected chi connectivity index (χ3v) is 5.85. The average molecular weight is 364 g/mol. The Bertz CT molecular complexity index is 807. The fraction of sp³-hybridized carbons (Fsp3) is 0.476. The smallest absolute Gasteiger partial charge is 0.257 e. The zero-order valence-electron chi connectivity index (χ0n) is 15.3. The van der Waals surface area contributed by atoms with Crippen LogP contribution in [0, 0.1) is 0 Å². The van der Waals surface area contributed by atoms with E-state index in [0.717, 1.165) is 18.9 Å². The Morgan fingerprint density at radius 3 is 2.56 bits per heavy atom. The van der Waals surface area contributed by atoms with Crippen LogP contribution in [-0.2, 0) is 4.74 Å². The number of rotatable bonds is 3. The van der Waals surface area contributed by atoms with Gasteiger partial charge in [-0.2, -0.15) is 0 Å². The standard InChI is InChI=1S/C21H24N4O2/c26-21(17-10-22-20(23-11-17)16-6-7-16)24-8-9-25-18(12-24)13-27-14-19(25)15-4-2-1-3-5-15/h1-5,10-11,16,18-19H,6-9,12-14H2/t18-,19-/m1/s1. The SMILES string of the molecule is O=C(c1cnc(C2CC2)nc1)N1CCN2[C@@H](COC[C@@H]2c2ccccc2)C1. The fourth-order valence-corrected chi connectivity index (χ4v) is 4.17. The Morgan fingerprint density at radius 2 is 1.81 bits per heavy atom. The Balaban J connectivity index is 1.28. The molecule has 1 amide bonds. The number of nitrogens with zero attached hydrogens (tertiary/aromatic N) is 4. The molecule has 1 aliphatic carbocycles. The predicted octanol–water partition coefficient (Wildman–Crippen LogP) is 2.25. The van der Waals surface area contributed by atoms with Crippen LogP contribution in [0.2, 0.25) is 0 Å². The highest BCUT2D eigenvalue weighted by Gasteiger charge is 2.38. The average Bonchev–Trinajstić information content (AvgIpc) is 3.58. The number of benzene rings is 1. The van der Waals surface area contributed by atoms with Crippen molar-refractivity contribution in [2.45, 2.75) is 30.8 Å². The first-order valence-corrected chi connectivity index (χ1v) is 9.79. The first-order valence-electron chi connectivity index (χ1n) is 9.79. The number of carbonyl (C=O) groups excluding carboxylic acids is 1. The van der Waals surface area contributed by atoms with E-state index in [4.69, 9.17) is 4.74 Å². The van der Waals surface area contributed by atoms with Gasteiger partial charge in [0.05, 0.1) is 30.9 Å². The summed E-state index contributed by atoms with van der Waals surface area (Å²) in [5.41, 5.74) is 1.87. The monoisotopic (exact) mass is 364 g/mol. The van der Waals surface area contributed by atoms with Gasteiger partial charge in [-0.15, -0.1) is 0 Å². The largest absolute Gasteiger partial charge is 0.378 e. The van der Waals surface area contributed by atoms with Crippen LogP contribution in [0.3, 0.4) is 0 Å². The quantitative estimate of drug-likeness (QED) is 0.836. The van der Waals surface area contributed by atoms with Crippen LogP contribution in [0.25, 0.3) is 0 Å². The molecule has 27 heavy (non-hydrogen) atoms. The molecule has 2 aromatic rings. The van der Waals surface area contributed by atoms with E-state index >= 15 is 0 Å².